The maximum Gasteiger partial charge on any atom is 0.176 e. The molecule has 0 spiro atoms. The second-order valence-electron chi connectivity index (χ2n) is 3.55. The Morgan fingerprint density at radius 3 is 2.94 bits per heavy atom. The van der Waals surface area contributed by atoms with Gasteiger partial charge in [0.25, 0.3) is 0 Å². The zero-order valence-electron chi connectivity index (χ0n) is 8.72. The maximum atomic E-state index is 5.87. The molecule has 0 fully saturated rings. The number of halogens is 2. The lowest BCUT2D eigenvalue weighted by Crippen LogP contribution is -1.99. The first kappa shape index (κ1) is 10.8. The van der Waals surface area contributed by atoms with Crippen molar-refractivity contribution < 1.29 is 0 Å². The van der Waals surface area contributed by atoms with Crippen molar-refractivity contribution in [3.63, 3.8) is 0 Å². The summed E-state index contributed by atoms with van der Waals surface area (Å²) < 4.78 is 3.71. The molecule has 0 aliphatic rings. The number of hydrogen-bond donors (Lipinski definition) is 0. The van der Waals surface area contributed by atoms with Gasteiger partial charge in [0.2, 0.25) is 0 Å². The second-order valence-corrected chi connectivity index (χ2v) is 4.54. The van der Waals surface area contributed by atoms with E-state index in [0.717, 1.165) is 17.2 Å². The lowest BCUT2D eigenvalue weighted by Gasteiger charge is -2.00. The van der Waals surface area contributed by atoms with Crippen molar-refractivity contribution in [1.82, 2.24) is 19.2 Å². The van der Waals surface area contributed by atoms with Crippen molar-refractivity contribution in [2.45, 2.75) is 5.33 Å². The fraction of sp³-hybridized carbons (Fsp3) is 0.0909. The fourth-order valence-electron chi connectivity index (χ4n) is 1.76. The molecule has 86 valence electrons. The molecule has 0 bridgehead atoms. The molecule has 6 heteroatoms. The molecule has 3 rings (SSSR count). The quantitative estimate of drug-likeness (QED) is 0.682. The monoisotopic (exact) mass is 310 g/mol. The summed E-state index contributed by atoms with van der Waals surface area (Å²) in [7, 11) is 0. The molecule has 3 aromatic rings. The van der Waals surface area contributed by atoms with E-state index in [0.29, 0.717) is 10.4 Å². The molecule has 0 N–H and O–H groups in total. The third-order valence-corrected chi connectivity index (χ3v) is 3.23. The average molecular weight is 312 g/mol. The number of alkyl halides is 1. The van der Waals surface area contributed by atoms with E-state index in [1.54, 1.807) is 17.1 Å². The number of fused-ring (bicyclic) bond motifs is 1. The van der Waals surface area contributed by atoms with Crippen molar-refractivity contribution in [2.24, 2.45) is 0 Å². The molecule has 17 heavy (non-hydrogen) atoms. The van der Waals surface area contributed by atoms with Crippen molar-refractivity contribution in [2.75, 3.05) is 0 Å². The molecule has 0 unspecified atom stereocenters. The van der Waals surface area contributed by atoms with Gasteiger partial charge < -0.3 is 4.40 Å². The predicted octanol–water partition coefficient (Wildman–Crippen LogP) is 3.07. The highest BCUT2D eigenvalue weighted by atomic mass is 79.9. The summed E-state index contributed by atoms with van der Waals surface area (Å²) in [5.41, 5.74) is 1.93. The van der Waals surface area contributed by atoms with Crippen molar-refractivity contribution in [1.29, 1.82) is 0 Å². The molecular weight excluding hydrogens is 304 g/mol. The number of rotatable bonds is 2. The summed E-state index contributed by atoms with van der Waals surface area (Å²) >= 11 is 9.35. The van der Waals surface area contributed by atoms with Crippen LogP contribution < -0.4 is 0 Å². The zero-order valence-corrected chi connectivity index (χ0v) is 11.1. The normalized spacial score (nSPS) is 11.2. The molecule has 4 nitrogen and oxygen atoms in total. The minimum Gasteiger partial charge on any atom is -0.301 e. The van der Waals surface area contributed by atoms with Gasteiger partial charge >= 0.3 is 0 Å². The van der Waals surface area contributed by atoms with Crippen LogP contribution in [0, 0.1) is 0 Å². The van der Waals surface area contributed by atoms with Gasteiger partial charge in [-0.25, -0.2) is 9.67 Å². The Labute approximate surface area is 111 Å². The topological polar surface area (TPSA) is 35.1 Å². The van der Waals surface area contributed by atoms with Crippen LogP contribution in [0.2, 0.25) is 5.02 Å². The van der Waals surface area contributed by atoms with Crippen molar-refractivity contribution in [3.05, 3.63) is 47.5 Å². The number of imidazole rings is 1. The molecule has 0 saturated heterocycles. The molecule has 0 saturated carbocycles. The van der Waals surface area contributed by atoms with Gasteiger partial charge in [-0.1, -0.05) is 33.6 Å². The van der Waals surface area contributed by atoms with Gasteiger partial charge in [-0.2, -0.15) is 5.10 Å². The minimum absolute atomic E-state index is 0.600. The molecule has 0 aromatic carbocycles. The van der Waals surface area contributed by atoms with Crippen molar-refractivity contribution >= 4 is 33.2 Å². The number of pyridine rings is 1. The standard InChI is InChI=1S/C11H8BrClN4/c12-5-9-11(17-7-8(13)6-14-17)15-10-3-1-2-4-16(9)10/h1-4,6-7H,5H2. The van der Waals surface area contributed by atoms with Crippen molar-refractivity contribution in [3.8, 4) is 5.82 Å². The Morgan fingerprint density at radius 1 is 1.35 bits per heavy atom. The van der Waals surface area contributed by atoms with Crippen LogP contribution in [-0.4, -0.2) is 19.2 Å². The molecule has 3 aromatic heterocycles. The van der Waals surface area contributed by atoms with E-state index in [-0.39, 0.29) is 0 Å². The van der Waals surface area contributed by atoms with Gasteiger partial charge in [0, 0.05) is 11.5 Å². The van der Waals surface area contributed by atoms with Gasteiger partial charge in [0.1, 0.15) is 5.65 Å². The zero-order chi connectivity index (χ0) is 11.8. The van der Waals surface area contributed by atoms with E-state index in [1.165, 1.54) is 0 Å². The highest BCUT2D eigenvalue weighted by Crippen LogP contribution is 2.20. The fourth-order valence-corrected chi connectivity index (χ4v) is 2.42. The third-order valence-electron chi connectivity index (χ3n) is 2.50. The first-order valence-corrected chi connectivity index (χ1v) is 6.52. The molecular formula is C11H8BrClN4. The number of hydrogen-bond acceptors (Lipinski definition) is 2. The average Bonchev–Trinajstić information content (AvgIpc) is 2.91. The van der Waals surface area contributed by atoms with E-state index < -0.39 is 0 Å². The Balaban J connectivity index is 2.29. The van der Waals surface area contributed by atoms with Gasteiger partial charge in [-0.3, -0.25) is 0 Å². The molecule has 0 radical (unpaired) electrons. The van der Waals surface area contributed by atoms with E-state index in [2.05, 4.69) is 26.0 Å². The highest BCUT2D eigenvalue weighted by Gasteiger charge is 2.13. The lowest BCUT2D eigenvalue weighted by molar-refractivity contribution is 0.844. The molecule has 0 aliphatic heterocycles. The minimum atomic E-state index is 0.600. The van der Waals surface area contributed by atoms with Crippen LogP contribution >= 0.6 is 27.5 Å². The van der Waals surface area contributed by atoms with Crippen LogP contribution in [-0.2, 0) is 5.33 Å². The van der Waals surface area contributed by atoms with Crippen LogP contribution in [0.25, 0.3) is 11.5 Å². The second kappa shape index (κ2) is 4.16. The Bertz CT molecular complexity index is 673. The predicted molar refractivity (Wildman–Crippen MR) is 70.0 cm³/mol. The van der Waals surface area contributed by atoms with Gasteiger partial charge in [-0.15, -0.1) is 0 Å². The molecule has 0 aliphatic carbocycles. The number of aromatic nitrogens is 4. The highest BCUT2D eigenvalue weighted by molar-refractivity contribution is 9.08. The van der Waals surface area contributed by atoms with Crippen LogP contribution in [0.3, 0.4) is 0 Å². The number of nitrogens with zero attached hydrogens (tertiary/aromatic N) is 4. The Kier molecular flexibility index (Phi) is 2.64. The Morgan fingerprint density at radius 2 is 2.24 bits per heavy atom. The summed E-state index contributed by atoms with van der Waals surface area (Å²) in [6.45, 7) is 0. The molecule has 0 amide bonds. The van der Waals surface area contributed by atoms with Crippen LogP contribution in [0.4, 0.5) is 0 Å². The third kappa shape index (κ3) is 1.75. The largest absolute Gasteiger partial charge is 0.301 e. The SMILES string of the molecule is Clc1cnn(-c2nc3ccccn3c2CBr)c1. The lowest BCUT2D eigenvalue weighted by atomic mass is 10.4. The van der Waals surface area contributed by atoms with E-state index >= 15 is 0 Å². The van der Waals surface area contributed by atoms with Crippen LogP contribution in [0.1, 0.15) is 5.69 Å². The summed E-state index contributed by atoms with van der Waals surface area (Å²) in [5.74, 6) is 0.792. The summed E-state index contributed by atoms with van der Waals surface area (Å²) in [5, 5.41) is 5.48. The smallest absolute Gasteiger partial charge is 0.176 e. The van der Waals surface area contributed by atoms with Crippen LogP contribution in [0.15, 0.2) is 36.8 Å². The van der Waals surface area contributed by atoms with E-state index in [9.17, 15) is 0 Å². The van der Waals surface area contributed by atoms with Crippen LogP contribution in [0.5, 0.6) is 0 Å². The summed E-state index contributed by atoms with van der Waals surface area (Å²) in [6, 6.07) is 5.89. The van der Waals surface area contributed by atoms with Gasteiger partial charge in [-0.05, 0) is 12.1 Å². The first-order valence-electron chi connectivity index (χ1n) is 5.02. The summed E-state index contributed by atoms with van der Waals surface area (Å²) in [4.78, 5) is 4.54. The molecule has 3 heterocycles. The van der Waals surface area contributed by atoms with E-state index in [4.69, 9.17) is 11.6 Å². The summed E-state index contributed by atoms with van der Waals surface area (Å²) in [6.07, 6.45) is 5.33. The van der Waals surface area contributed by atoms with Gasteiger partial charge in [0.05, 0.1) is 23.1 Å². The maximum absolute atomic E-state index is 5.87. The molecule has 0 atom stereocenters. The van der Waals surface area contributed by atoms with Gasteiger partial charge in [0.15, 0.2) is 5.82 Å². The first-order chi connectivity index (χ1) is 8.29. The Hall–Kier alpha value is -1.33. The van der Waals surface area contributed by atoms with E-state index in [1.807, 2.05) is 28.8 Å².